The van der Waals surface area contributed by atoms with Crippen LogP contribution < -0.4 is 9.64 Å². The summed E-state index contributed by atoms with van der Waals surface area (Å²) >= 11 is 0. The Balaban J connectivity index is 1.87. The minimum Gasteiger partial charge on any atom is -0.490 e. The van der Waals surface area contributed by atoms with Crippen LogP contribution in [-0.4, -0.2) is 37.5 Å². The monoisotopic (exact) mass is 264 g/mol. The van der Waals surface area contributed by atoms with Crippen LogP contribution in [0.5, 0.6) is 5.75 Å². The molecule has 1 aliphatic heterocycles. The third-order valence-electron chi connectivity index (χ3n) is 4.03. The number of aliphatic hydroxyl groups excluding tert-OH is 1. The Morgan fingerprint density at radius 2 is 1.89 bits per heavy atom. The first kappa shape index (κ1) is 14.4. The van der Waals surface area contributed by atoms with E-state index in [1.807, 2.05) is 0 Å². The summed E-state index contributed by atoms with van der Waals surface area (Å²) < 4.78 is 5.81. The number of ether oxygens (including phenoxy) is 1. The molecule has 0 radical (unpaired) electrons. The van der Waals surface area contributed by atoms with Gasteiger partial charge in [0.15, 0.2) is 0 Å². The molecule has 0 bridgehead atoms. The summed E-state index contributed by atoms with van der Waals surface area (Å²) in [7, 11) is 0. The van der Waals surface area contributed by atoms with Crippen LogP contribution in [0.3, 0.4) is 0 Å². The molecule has 1 aliphatic rings. The van der Waals surface area contributed by atoms with Crippen molar-refractivity contribution >= 4 is 0 Å². The van der Waals surface area contributed by atoms with Crippen molar-refractivity contribution in [1.82, 2.24) is 0 Å². The van der Waals surface area contributed by atoms with Gasteiger partial charge in [-0.3, -0.25) is 0 Å². The topological polar surface area (TPSA) is 33.9 Å². The fraction of sp³-hybridized carbons (Fsp3) is 0.625. The standard InChI is InChI=1S/C16H25NO2/c1-12-8-13(2)14(3)16(9-12)19-11-15(18)10-17-6-4-5-7-17/h8-9,15,18H,4-7,10-11H2,1-3H3/p+1/t15-/m0/s1. The second-order valence-corrected chi connectivity index (χ2v) is 5.83. The number of hydrogen-bond acceptors (Lipinski definition) is 2. The van der Waals surface area contributed by atoms with Crippen LogP contribution in [0.4, 0.5) is 0 Å². The third-order valence-corrected chi connectivity index (χ3v) is 4.03. The second-order valence-electron chi connectivity index (χ2n) is 5.83. The van der Waals surface area contributed by atoms with Gasteiger partial charge in [0.25, 0.3) is 0 Å². The SMILES string of the molecule is Cc1cc(C)c(C)c(OC[C@@H](O)C[NH+]2CCCC2)c1. The number of nitrogens with one attached hydrogen (secondary N) is 1. The van der Waals surface area contributed by atoms with Gasteiger partial charge in [-0.1, -0.05) is 6.07 Å². The third kappa shape index (κ3) is 3.95. The van der Waals surface area contributed by atoms with E-state index in [1.54, 1.807) is 0 Å². The van der Waals surface area contributed by atoms with Crippen molar-refractivity contribution in [2.75, 3.05) is 26.2 Å². The molecule has 0 aliphatic carbocycles. The Hall–Kier alpha value is -1.06. The van der Waals surface area contributed by atoms with Crippen molar-refractivity contribution in [3.05, 3.63) is 28.8 Å². The van der Waals surface area contributed by atoms with Crippen LogP contribution in [0, 0.1) is 20.8 Å². The van der Waals surface area contributed by atoms with Gasteiger partial charge in [0.1, 0.15) is 25.0 Å². The molecule has 0 saturated carbocycles. The first-order valence-electron chi connectivity index (χ1n) is 7.28. The molecule has 0 amide bonds. The van der Waals surface area contributed by atoms with E-state index in [-0.39, 0.29) is 6.10 Å². The first-order valence-corrected chi connectivity index (χ1v) is 7.28. The van der Waals surface area contributed by atoms with Gasteiger partial charge in [-0.05, 0) is 43.5 Å². The van der Waals surface area contributed by atoms with Crippen LogP contribution in [-0.2, 0) is 0 Å². The van der Waals surface area contributed by atoms with Gasteiger partial charge >= 0.3 is 0 Å². The van der Waals surface area contributed by atoms with E-state index in [0.717, 1.165) is 12.3 Å². The van der Waals surface area contributed by atoms with Crippen LogP contribution in [0.1, 0.15) is 29.5 Å². The highest BCUT2D eigenvalue weighted by Gasteiger charge is 2.19. The molecule has 1 fully saturated rings. The molecule has 1 aromatic carbocycles. The highest BCUT2D eigenvalue weighted by molar-refractivity contribution is 5.41. The minimum atomic E-state index is -0.367. The molecule has 1 saturated heterocycles. The minimum absolute atomic E-state index is 0.367. The van der Waals surface area contributed by atoms with Crippen molar-refractivity contribution in [1.29, 1.82) is 0 Å². The lowest BCUT2D eigenvalue weighted by molar-refractivity contribution is -0.890. The first-order chi connectivity index (χ1) is 9.06. The Morgan fingerprint density at radius 1 is 1.21 bits per heavy atom. The number of rotatable bonds is 5. The van der Waals surface area contributed by atoms with Gasteiger partial charge in [-0.25, -0.2) is 0 Å². The van der Waals surface area contributed by atoms with Gasteiger partial charge in [-0.15, -0.1) is 0 Å². The maximum Gasteiger partial charge on any atom is 0.137 e. The van der Waals surface area contributed by atoms with Crippen LogP contribution in [0.25, 0.3) is 0 Å². The summed E-state index contributed by atoms with van der Waals surface area (Å²) in [5.74, 6) is 0.910. The number of benzene rings is 1. The van der Waals surface area contributed by atoms with Gasteiger partial charge in [0, 0.05) is 12.8 Å². The van der Waals surface area contributed by atoms with Gasteiger partial charge in [0.05, 0.1) is 13.1 Å². The van der Waals surface area contributed by atoms with E-state index < -0.39 is 0 Å². The Morgan fingerprint density at radius 3 is 2.58 bits per heavy atom. The number of aryl methyl sites for hydroxylation is 2. The maximum atomic E-state index is 10.1. The van der Waals surface area contributed by atoms with Crippen molar-refractivity contribution < 1.29 is 14.7 Å². The molecule has 106 valence electrons. The molecule has 3 nitrogen and oxygen atoms in total. The number of likely N-dealkylation sites (tertiary alicyclic amines) is 1. The quantitative estimate of drug-likeness (QED) is 0.833. The summed E-state index contributed by atoms with van der Waals surface area (Å²) in [4.78, 5) is 1.51. The summed E-state index contributed by atoms with van der Waals surface area (Å²) in [5.41, 5.74) is 3.62. The molecule has 1 heterocycles. The molecule has 2 N–H and O–H groups in total. The highest BCUT2D eigenvalue weighted by atomic mass is 16.5. The summed E-state index contributed by atoms with van der Waals surface area (Å²) in [6.45, 7) is 9.84. The molecular formula is C16H26NO2+. The molecule has 19 heavy (non-hydrogen) atoms. The summed E-state index contributed by atoms with van der Waals surface area (Å²) in [6, 6.07) is 4.21. The van der Waals surface area contributed by atoms with Crippen LogP contribution >= 0.6 is 0 Å². The van der Waals surface area contributed by atoms with Crippen molar-refractivity contribution in [3.63, 3.8) is 0 Å². The normalized spacial score (nSPS) is 17.7. The van der Waals surface area contributed by atoms with Crippen molar-refractivity contribution in [2.45, 2.75) is 39.7 Å². The van der Waals surface area contributed by atoms with E-state index in [2.05, 4.69) is 32.9 Å². The Bertz CT molecular complexity index is 425. The molecule has 0 spiro atoms. The Kier molecular flexibility index (Phi) is 4.83. The van der Waals surface area contributed by atoms with E-state index in [1.165, 1.54) is 47.5 Å². The molecule has 1 atom stereocenters. The largest absolute Gasteiger partial charge is 0.490 e. The van der Waals surface area contributed by atoms with Crippen LogP contribution in [0.2, 0.25) is 0 Å². The average molecular weight is 264 g/mol. The lowest BCUT2D eigenvalue weighted by Crippen LogP contribution is -3.11. The molecule has 2 rings (SSSR count). The second kappa shape index (κ2) is 6.40. The molecule has 0 unspecified atom stereocenters. The van der Waals surface area contributed by atoms with Crippen molar-refractivity contribution in [2.24, 2.45) is 0 Å². The van der Waals surface area contributed by atoms with Gasteiger partial charge in [0.2, 0.25) is 0 Å². The zero-order chi connectivity index (χ0) is 13.8. The predicted octanol–water partition coefficient (Wildman–Crippen LogP) is 1.03. The smallest absolute Gasteiger partial charge is 0.137 e. The number of quaternary nitrogens is 1. The molecular weight excluding hydrogens is 238 g/mol. The summed E-state index contributed by atoms with van der Waals surface area (Å²) in [5, 5.41) is 10.1. The zero-order valence-electron chi connectivity index (χ0n) is 12.3. The highest BCUT2D eigenvalue weighted by Crippen LogP contribution is 2.23. The average Bonchev–Trinajstić information content (AvgIpc) is 2.84. The van der Waals surface area contributed by atoms with E-state index >= 15 is 0 Å². The van der Waals surface area contributed by atoms with E-state index in [0.29, 0.717) is 6.61 Å². The maximum absolute atomic E-state index is 10.1. The number of aliphatic hydroxyl groups is 1. The summed E-state index contributed by atoms with van der Waals surface area (Å²) in [6.07, 6.45) is 2.21. The Labute approximate surface area is 116 Å². The zero-order valence-corrected chi connectivity index (χ0v) is 12.3. The lowest BCUT2D eigenvalue weighted by atomic mass is 10.1. The van der Waals surface area contributed by atoms with Crippen molar-refractivity contribution in [3.8, 4) is 5.75 Å². The van der Waals surface area contributed by atoms with Gasteiger partial charge < -0.3 is 14.7 Å². The van der Waals surface area contributed by atoms with Gasteiger partial charge in [-0.2, -0.15) is 0 Å². The number of hydrogen-bond donors (Lipinski definition) is 2. The molecule has 1 aromatic rings. The van der Waals surface area contributed by atoms with E-state index in [9.17, 15) is 5.11 Å². The van der Waals surface area contributed by atoms with Crippen LogP contribution in [0.15, 0.2) is 12.1 Å². The fourth-order valence-corrected chi connectivity index (χ4v) is 2.81. The van der Waals surface area contributed by atoms with E-state index in [4.69, 9.17) is 4.74 Å². The molecule has 0 aromatic heterocycles. The lowest BCUT2D eigenvalue weighted by Gasteiger charge is -2.18. The molecule has 3 heteroatoms. The predicted molar refractivity (Wildman–Crippen MR) is 77.0 cm³/mol. The fourth-order valence-electron chi connectivity index (χ4n) is 2.81.